The van der Waals surface area contributed by atoms with Crippen molar-refractivity contribution >= 4 is 35.6 Å². The Hall–Kier alpha value is -2.40. The van der Waals surface area contributed by atoms with Crippen molar-refractivity contribution in [1.29, 1.82) is 0 Å². The Morgan fingerprint density at radius 1 is 1.19 bits per heavy atom. The number of nitro benzene ring substituents is 1. The van der Waals surface area contributed by atoms with E-state index in [1.807, 2.05) is 31.2 Å². The van der Waals surface area contributed by atoms with Crippen LogP contribution in [0.4, 0.5) is 5.69 Å². The van der Waals surface area contributed by atoms with Crippen LogP contribution in [-0.4, -0.2) is 43.8 Å². The fourth-order valence-electron chi connectivity index (χ4n) is 3.03. The minimum atomic E-state index is -0.403. The van der Waals surface area contributed by atoms with E-state index in [1.165, 1.54) is 17.7 Å². The van der Waals surface area contributed by atoms with Gasteiger partial charge >= 0.3 is 0 Å². The highest BCUT2D eigenvalue weighted by atomic mass is 127. The molecular weight excluding hydrogens is 511 g/mol. The zero-order valence-electron chi connectivity index (χ0n) is 17.6. The average Bonchev–Trinajstić information content (AvgIpc) is 3.27. The average molecular weight is 540 g/mol. The van der Waals surface area contributed by atoms with E-state index in [9.17, 15) is 10.1 Å². The van der Waals surface area contributed by atoms with Crippen molar-refractivity contribution in [2.45, 2.75) is 19.9 Å². The molecule has 1 fully saturated rings. The molecule has 0 aromatic heterocycles. The number of aliphatic imine (C=N–C) groups is 1. The number of nitrogens with zero attached hydrogens (tertiary/aromatic N) is 2. The second-order valence-corrected chi connectivity index (χ2v) is 7.29. The quantitative estimate of drug-likeness (QED) is 0.126. The van der Waals surface area contributed by atoms with Gasteiger partial charge in [0, 0.05) is 31.2 Å². The van der Waals surface area contributed by atoms with Crippen molar-refractivity contribution in [3.8, 4) is 5.75 Å². The van der Waals surface area contributed by atoms with E-state index < -0.39 is 4.92 Å². The lowest BCUT2D eigenvalue weighted by atomic mass is 10.1. The number of nitro groups is 1. The second-order valence-electron chi connectivity index (χ2n) is 7.29. The van der Waals surface area contributed by atoms with Crippen LogP contribution in [0, 0.1) is 23.0 Å². The molecule has 0 radical (unpaired) electrons. The lowest BCUT2D eigenvalue weighted by Crippen LogP contribution is -2.41. The van der Waals surface area contributed by atoms with E-state index in [4.69, 9.17) is 9.47 Å². The predicted molar refractivity (Wildman–Crippen MR) is 131 cm³/mol. The number of non-ortho nitro benzene ring substituents is 1. The summed E-state index contributed by atoms with van der Waals surface area (Å²) >= 11 is 0. The van der Waals surface area contributed by atoms with Crippen molar-refractivity contribution < 1.29 is 14.4 Å². The topological polar surface area (TPSA) is 98.0 Å². The Morgan fingerprint density at radius 3 is 2.58 bits per heavy atom. The van der Waals surface area contributed by atoms with Gasteiger partial charge in [0.15, 0.2) is 5.96 Å². The van der Waals surface area contributed by atoms with Crippen molar-refractivity contribution in [2.24, 2.45) is 10.9 Å². The van der Waals surface area contributed by atoms with Gasteiger partial charge in [0.05, 0.1) is 24.6 Å². The van der Waals surface area contributed by atoms with Crippen LogP contribution in [-0.2, 0) is 11.3 Å². The van der Waals surface area contributed by atoms with E-state index in [-0.39, 0.29) is 29.7 Å². The molecule has 31 heavy (non-hydrogen) atoms. The molecule has 1 saturated heterocycles. The molecule has 8 nitrogen and oxygen atoms in total. The summed E-state index contributed by atoms with van der Waals surface area (Å²) in [6.45, 7) is 5.92. The van der Waals surface area contributed by atoms with Gasteiger partial charge in [-0.1, -0.05) is 29.8 Å². The standard InChI is InChI=1S/C22H28N4O4.HI/c1-17-2-8-21(9-3-17)30-13-11-23-22(25-15-19-10-12-29-16-19)24-14-18-4-6-20(7-5-18)26(27)28;/h2-9,19H,10-16H2,1H3,(H2,23,24,25);1H. The summed E-state index contributed by atoms with van der Waals surface area (Å²) in [5.41, 5.74) is 2.18. The number of rotatable bonds is 9. The third-order valence-corrected chi connectivity index (χ3v) is 4.83. The molecule has 9 heteroatoms. The van der Waals surface area contributed by atoms with Crippen LogP contribution < -0.4 is 15.4 Å². The summed E-state index contributed by atoms with van der Waals surface area (Å²) in [5.74, 6) is 2.00. The highest BCUT2D eigenvalue weighted by Gasteiger charge is 2.15. The molecule has 0 aliphatic carbocycles. The smallest absolute Gasteiger partial charge is 0.269 e. The van der Waals surface area contributed by atoms with E-state index in [1.54, 1.807) is 12.1 Å². The van der Waals surface area contributed by atoms with E-state index in [0.29, 0.717) is 31.6 Å². The number of guanidine groups is 1. The third kappa shape index (κ3) is 8.70. The SMILES string of the molecule is Cc1ccc(OCCNC(=NCc2ccc([N+](=O)[O-])cc2)NCC2CCOC2)cc1.I. The van der Waals surface area contributed by atoms with Gasteiger partial charge in [-0.3, -0.25) is 10.1 Å². The number of hydrogen-bond acceptors (Lipinski definition) is 5. The number of benzene rings is 2. The Morgan fingerprint density at radius 2 is 1.94 bits per heavy atom. The van der Waals surface area contributed by atoms with Crippen molar-refractivity contribution in [3.63, 3.8) is 0 Å². The first-order valence-corrected chi connectivity index (χ1v) is 10.1. The van der Waals surface area contributed by atoms with Crippen LogP contribution in [0.2, 0.25) is 0 Å². The van der Waals surface area contributed by atoms with Crippen molar-refractivity contribution in [2.75, 3.05) is 32.9 Å². The van der Waals surface area contributed by atoms with Crippen molar-refractivity contribution in [1.82, 2.24) is 10.6 Å². The van der Waals surface area contributed by atoms with Crippen LogP contribution in [0.15, 0.2) is 53.5 Å². The monoisotopic (exact) mass is 540 g/mol. The zero-order valence-corrected chi connectivity index (χ0v) is 19.9. The van der Waals surface area contributed by atoms with Gasteiger partial charge in [-0.05, 0) is 31.0 Å². The fourth-order valence-corrected chi connectivity index (χ4v) is 3.03. The largest absolute Gasteiger partial charge is 0.492 e. The normalized spacial score (nSPS) is 15.8. The molecule has 0 amide bonds. The van der Waals surface area contributed by atoms with E-state index in [0.717, 1.165) is 37.5 Å². The van der Waals surface area contributed by atoms with E-state index in [2.05, 4.69) is 15.6 Å². The van der Waals surface area contributed by atoms with E-state index >= 15 is 0 Å². The lowest BCUT2D eigenvalue weighted by Gasteiger charge is -2.15. The molecule has 2 aromatic rings. The summed E-state index contributed by atoms with van der Waals surface area (Å²) in [6.07, 6.45) is 1.04. The van der Waals surface area contributed by atoms with Crippen molar-refractivity contribution in [3.05, 3.63) is 69.8 Å². The van der Waals surface area contributed by atoms with Crippen LogP contribution >= 0.6 is 24.0 Å². The second kappa shape index (κ2) is 13.1. The predicted octanol–water partition coefficient (Wildman–Crippen LogP) is 3.67. The van der Waals surface area contributed by atoms with Crippen LogP contribution in [0.1, 0.15) is 17.5 Å². The number of ether oxygens (including phenoxy) is 2. The number of aryl methyl sites for hydroxylation is 1. The van der Waals surface area contributed by atoms with Crippen LogP contribution in [0.3, 0.4) is 0 Å². The van der Waals surface area contributed by atoms with Gasteiger partial charge in [0.1, 0.15) is 12.4 Å². The summed E-state index contributed by atoms with van der Waals surface area (Å²) in [4.78, 5) is 15.0. The third-order valence-electron chi connectivity index (χ3n) is 4.83. The summed E-state index contributed by atoms with van der Waals surface area (Å²) in [6, 6.07) is 14.4. The Labute approximate surface area is 199 Å². The number of nitrogens with one attached hydrogen (secondary N) is 2. The molecule has 0 saturated carbocycles. The maximum atomic E-state index is 10.8. The first kappa shape index (κ1) is 24.9. The van der Waals surface area contributed by atoms with Gasteiger partial charge < -0.3 is 20.1 Å². The molecule has 1 atom stereocenters. The van der Waals surface area contributed by atoms with Gasteiger partial charge in [0.2, 0.25) is 0 Å². The molecule has 1 heterocycles. The molecule has 2 N–H and O–H groups in total. The molecule has 1 aliphatic rings. The molecule has 0 spiro atoms. The molecule has 1 aliphatic heterocycles. The first-order chi connectivity index (χ1) is 14.6. The number of hydrogen-bond donors (Lipinski definition) is 2. The minimum Gasteiger partial charge on any atom is -0.492 e. The molecule has 2 aromatic carbocycles. The van der Waals surface area contributed by atoms with Gasteiger partial charge in [-0.25, -0.2) is 4.99 Å². The maximum Gasteiger partial charge on any atom is 0.269 e. The zero-order chi connectivity index (χ0) is 21.2. The lowest BCUT2D eigenvalue weighted by molar-refractivity contribution is -0.384. The van der Waals surface area contributed by atoms with Crippen LogP contribution in [0.25, 0.3) is 0 Å². The summed E-state index contributed by atoms with van der Waals surface area (Å²) in [5, 5.41) is 17.4. The molecule has 168 valence electrons. The van der Waals surface area contributed by atoms with Gasteiger partial charge in [0.25, 0.3) is 5.69 Å². The minimum absolute atomic E-state index is 0. The summed E-state index contributed by atoms with van der Waals surface area (Å²) in [7, 11) is 0. The molecule has 0 bridgehead atoms. The maximum absolute atomic E-state index is 10.8. The highest BCUT2D eigenvalue weighted by molar-refractivity contribution is 14.0. The Kier molecular flexibility index (Phi) is 10.5. The first-order valence-electron chi connectivity index (χ1n) is 10.1. The van der Waals surface area contributed by atoms with Gasteiger partial charge in [-0.2, -0.15) is 0 Å². The molecule has 1 unspecified atom stereocenters. The van der Waals surface area contributed by atoms with Crippen LogP contribution in [0.5, 0.6) is 5.75 Å². The Bertz CT molecular complexity index is 838. The highest BCUT2D eigenvalue weighted by Crippen LogP contribution is 2.13. The fraction of sp³-hybridized carbons (Fsp3) is 0.409. The molecule has 3 rings (SSSR count). The number of halogens is 1. The molecular formula is C22H29IN4O4. The summed E-state index contributed by atoms with van der Waals surface area (Å²) < 4.78 is 11.2. The van der Waals surface area contributed by atoms with Gasteiger partial charge in [-0.15, -0.1) is 24.0 Å². The Balaban J connectivity index is 0.00000341.